The SMILES string of the molecule is Cc1ccc(C)c(OCCCCC(C)(O)CN)c1. The molecule has 0 fully saturated rings. The van der Waals surface area contributed by atoms with Crippen LogP contribution in [0.5, 0.6) is 5.75 Å². The summed E-state index contributed by atoms with van der Waals surface area (Å²) in [5.74, 6) is 0.959. The summed E-state index contributed by atoms with van der Waals surface area (Å²) in [5, 5.41) is 9.75. The topological polar surface area (TPSA) is 55.5 Å². The molecule has 3 nitrogen and oxygen atoms in total. The maximum absolute atomic E-state index is 9.75. The van der Waals surface area contributed by atoms with Gasteiger partial charge in [-0.25, -0.2) is 0 Å². The molecule has 1 unspecified atom stereocenters. The molecular weight excluding hydrogens is 226 g/mol. The van der Waals surface area contributed by atoms with E-state index in [0.717, 1.165) is 30.6 Å². The first-order valence-corrected chi connectivity index (χ1v) is 6.57. The Morgan fingerprint density at radius 3 is 2.67 bits per heavy atom. The van der Waals surface area contributed by atoms with Gasteiger partial charge in [-0.2, -0.15) is 0 Å². The number of hydrogen-bond donors (Lipinski definition) is 2. The number of unbranched alkanes of at least 4 members (excludes halogenated alkanes) is 1. The third kappa shape index (κ3) is 5.07. The van der Waals surface area contributed by atoms with E-state index in [4.69, 9.17) is 10.5 Å². The van der Waals surface area contributed by atoms with Gasteiger partial charge in [-0.15, -0.1) is 0 Å². The monoisotopic (exact) mass is 251 g/mol. The maximum atomic E-state index is 9.75. The second-order valence-corrected chi connectivity index (χ2v) is 5.28. The molecule has 0 heterocycles. The van der Waals surface area contributed by atoms with Gasteiger partial charge in [-0.05, 0) is 57.2 Å². The molecule has 0 spiro atoms. The van der Waals surface area contributed by atoms with Crippen LogP contribution in [-0.2, 0) is 0 Å². The summed E-state index contributed by atoms with van der Waals surface area (Å²) in [4.78, 5) is 0. The summed E-state index contributed by atoms with van der Waals surface area (Å²) in [7, 11) is 0. The van der Waals surface area contributed by atoms with Gasteiger partial charge in [0.05, 0.1) is 12.2 Å². The van der Waals surface area contributed by atoms with Crippen LogP contribution in [0.3, 0.4) is 0 Å². The Kier molecular flexibility index (Phi) is 5.63. The standard InChI is InChI=1S/C15H25NO2/c1-12-6-7-13(2)14(10-12)18-9-5-4-8-15(3,17)11-16/h6-7,10,17H,4-5,8-9,11,16H2,1-3H3. The van der Waals surface area contributed by atoms with Crippen molar-refractivity contribution in [3.05, 3.63) is 29.3 Å². The maximum Gasteiger partial charge on any atom is 0.122 e. The van der Waals surface area contributed by atoms with Gasteiger partial charge in [0.2, 0.25) is 0 Å². The Hall–Kier alpha value is -1.06. The minimum Gasteiger partial charge on any atom is -0.493 e. The summed E-state index contributed by atoms with van der Waals surface area (Å²) in [6.07, 6.45) is 2.58. The third-order valence-corrected chi connectivity index (χ3v) is 3.15. The van der Waals surface area contributed by atoms with Crippen LogP contribution in [0.4, 0.5) is 0 Å². The average molecular weight is 251 g/mol. The molecule has 1 aromatic rings. The summed E-state index contributed by atoms with van der Waals surface area (Å²) in [5.41, 5.74) is 7.10. The van der Waals surface area contributed by atoms with Crippen LogP contribution in [0.15, 0.2) is 18.2 Å². The van der Waals surface area contributed by atoms with E-state index in [9.17, 15) is 5.11 Å². The summed E-state index contributed by atoms with van der Waals surface area (Å²) >= 11 is 0. The average Bonchev–Trinajstić information content (AvgIpc) is 2.33. The summed E-state index contributed by atoms with van der Waals surface area (Å²) in [6.45, 7) is 6.88. The zero-order valence-electron chi connectivity index (χ0n) is 11.7. The fourth-order valence-corrected chi connectivity index (χ4v) is 1.75. The Balaban J connectivity index is 2.28. The fourth-order valence-electron chi connectivity index (χ4n) is 1.75. The van der Waals surface area contributed by atoms with E-state index in [1.54, 1.807) is 6.92 Å². The first-order chi connectivity index (χ1) is 8.44. The molecule has 102 valence electrons. The van der Waals surface area contributed by atoms with Crippen LogP contribution >= 0.6 is 0 Å². The van der Waals surface area contributed by atoms with Crippen molar-refractivity contribution in [3.8, 4) is 5.75 Å². The molecule has 1 rings (SSSR count). The molecule has 0 aliphatic heterocycles. The lowest BCUT2D eigenvalue weighted by atomic mass is 10.00. The normalized spacial score (nSPS) is 14.3. The van der Waals surface area contributed by atoms with Crippen LogP contribution in [-0.4, -0.2) is 23.9 Å². The highest BCUT2D eigenvalue weighted by atomic mass is 16.5. The molecule has 0 bridgehead atoms. The highest BCUT2D eigenvalue weighted by molar-refractivity contribution is 5.35. The van der Waals surface area contributed by atoms with Crippen molar-refractivity contribution in [2.45, 2.75) is 45.6 Å². The minimum atomic E-state index is -0.737. The van der Waals surface area contributed by atoms with E-state index in [1.165, 1.54) is 5.56 Å². The van der Waals surface area contributed by atoms with E-state index in [1.807, 2.05) is 6.92 Å². The molecule has 0 saturated heterocycles. The van der Waals surface area contributed by atoms with Gasteiger partial charge in [0.1, 0.15) is 5.75 Å². The quantitative estimate of drug-likeness (QED) is 0.732. The molecule has 0 saturated carbocycles. The van der Waals surface area contributed by atoms with Crippen LogP contribution in [0.25, 0.3) is 0 Å². The first kappa shape index (κ1) is 15.0. The Morgan fingerprint density at radius 2 is 2.00 bits per heavy atom. The van der Waals surface area contributed by atoms with Gasteiger partial charge < -0.3 is 15.6 Å². The van der Waals surface area contributed by atoms with Crippen molar-refractivity contribution in [1.29, 1.82) is 0 Å². The lowest BCUT2D eigenvalue weighted by Gasteiger charge is -2.20. The zero-order chi connectivity index (χ0) is 13.6. The van der Waals surface area contributed by atoms with Crippen molar-refractivity contribution >= 4 is 0 Å². The van der Waals surface area contributed by atoms with Crippen LogP contribution in [0.2, 0.25) is 0 Å². The molecule has 0 aromatic heterocycles. The predicted molar refractivity (Wildman–Crippen MR) is 74.9 cm³/mol. The minimum absolute atomic E-state index is 0.310. The summed E-state index contributed by atoms with van der Waals surface area (Å²) < 4.78 is 5.75. The highest BCUT2D eigenvalue weighted by Crippen LogP contribution is 2.19. The molecule has 0 amide bonds. The lowest BCUT2D eigenvalue weighted by Crippen LogP contribution is -2.33. The van der Waals surface area contributed by atoms with Crippen LogP contribution in [0.1, 0.15) is 37.3 Å². The van der Waals surface area contributed by atoms with Gasteiger partial charge in [0.15, 0.2) is 0 Å². The number of ether oxygens (including phenoxy) is 1. The number of aliphatic hydroxyl groups is 1. The Bertz CT molecular complexity index is 375. The zero-order valence-corrected chi connectivity index (χ0v) is 11.7. The fraction of sp³-hybridized carbons (Fsp3) is 0.600. The molecule has 18 heavy (non-hydrogen) atoms. The van der Waals surface area contributed by atoms with Crippen molar-refractivity contribution in [2.24, 2.45) is 5.73 Å². The number of benzene rings is 1. The third-order valence-electron chi connectivity index (χ3n) is 3.15. The smallest absolute Gasteiger partial charge is 0.122 e. The summed E-state index contributed by atoms with van der Waals surface area (Å²) in [6, 6.07) is 6.22. The molecule has 1 atom stereocenters. The van der Waals surface area contributed by atoms with Crippen molar-refractivity contribution < 1.29 is 9.84 Å². The van der Waals surface area contributed by atoms with E-state index >= 15 is 0 Å². The van der Waals surface area contributed by atoms with Gasteiger partial charge in [-0.3, -0.25) is 0 Å². The van der Waals surface area contributed by atoms with Gasteiger partial charge in [0.25, 0.3) is 0 Å². The molecule has 3 heteroatoms. The number of hydrogen-bond acceptors (Lipinski definition) is 3. The van der Waals surface area contributed by atoms with Gasteiger partial charge in [0, 0.05) is 6.54 Å². The van der Waals surface area contributed by atoms with Gasteiger partial charge in [-0.1, -0.05) is 12.1 Å². The van der Waals surface area contributed by atoms with E-state index < -0.39 is 5.60 Å². The largest absolute Gasteiger partial charge is 0.493 e. The predicted octanol–water partition coefficient (Wildman–Crippen LogP) is 2.56. The number of aryl methyl sites for hydroxylation is 2. The van der Waals surface area contributed by atoms with E-state index in [-0.39, 0.29) is 0 Å². The first-order valence-electron chi connectivity index (χ1n) is 6.57. The molecule has 0 aliphatic rings. The van der Waals surface area contributed by atoms with E-state index in [0.29, 0.717) is 13.2 Å². The number of rotatable bonds is 7. The molecule has 0 aliphatic carbocycles. The second kappa shape index (κ2) is 6.76. The molecular formula is C15H25NO2. The Labute approximate surface area is 110 Å². The lowest BCUT2D eigenvalue weighted by molar-refractivity contribution is 0.0562. The molecule has 3 N–H and O–H groups in total. The van der Waals surface area contributed by atoms with E-state index in [2.05, 4.69) is 25.1 Å². The van der Waals surface area contributed by atoms with Gasteiger partial charge >= 0.3 is 0 Å². The molecule has 0 radical (unpaired) electrons. The van der Waals surface area contributed by atoms with Crippen LogP contribution in [0, 0.1) is 13.8 Å². The Morgan fingerprint density at radius 1 is 1.28 bits per heavy atom. The van der Waals surface area contributed by atoms with Crippen molar-refractivity contribution in [1.82, 2.24) is 0 Å². The van der Waals surface area contributed by atoms with Crippen molar-refractivity contribution in [2.75, 3.05) is 13.2 Å². The second-order valence-electron chi connectivity index (χ2n) is 5.28. The van der Waals surface area contributed by atoms with Crippen molar-refractivity contribution in [3.63, 3.8) is 0 Å². The number of nitrogens with two attached hydrogens (primary N) is 1. The highest BCUT2D eigenvalue weighted by Gasteiger charge is 2.16. The molecule has 1 aromatic carbocycles. The van der Waals surface area contributed by atoms with Crippen LogP contribution < -0.4 is 10.5 Å².